The first-order valence-corrected chi connectivity index (χ1v) is 9.33. The van der Waals surface area contributed by atoms with Crippen LogP contribution in [0.2, 0.25) is 0 Å². The van der Waals surface area contributed by atoms with Gasteiger partial charge in [-0.3, -0.25) is 9.69 Å². The van der Waals surface area contributed by atoms with Gasteiger partial charge in [0, 0.05) is 38.1 Å². The summed E-state index contributed by atoms with van der Waals surface area (Å²) in [6, 6.07) is 0.569. The SMILES string of the molecule is C[C@@H]1CN(C2CCN(C(=O)C3CC3)CC2)C[C@@]1(O)C1CCC1. The zero-order valence-electron chi connectivity index (χ0n) is 13.8. The van der Waals surface area contributed by atoms with Crippen molar-refractivity contribution >= 4 is 5.91 Å². The highest BCUT2D eigenvalue weighted by Gasteiger charge is 2.51. The minimum Gasteiger partial charge on any atom is -0.388 e. The number of likely N-dealkylation sites (tertiary alicyclic amines) is 2. The van der Waals surface area contributed by atoms with E-state index in [1.807, 2.05) is 0 Å². The summed E-state index contributed by atoms with van der Waals surface area (Å²) in [6.45, 7) is 5.97. The van der Waals surface area contributed by atoms with Crippen molar-refractivity contribution in [2.24, 2.45) is 17.8 Å². The van der Waals surface area contributed by atoms with Crippen LogP contribution in [0, 0.1) is 17.8 Å². The van der Waals surface area contributed by atoms with Crippen molar-refractivity contribution in [2.75, 3.05) is 26.2 Å². The maximum absolute atomic E-state index is 12.2. The Morgan fingerprint density at radius 1 is 1.09 bits per heavy atom. The van der Waals surface area contributed by atoms with Gasteiger partial charge in [0.25, 0.3) is 0 Å². The molecule has 4 fully saturated rings. The van der Waals surface area contributed by atoms with Crippen molar-refractivity contribution in [3.05, 3.63) is 0 Å². The van der Waals surface area contributed by atoms with Gasteiger partial charge < -0.3 is 10.0 Å². The molecule has 0 aromatic rings. The normalized spacial score (nSPS) is 38.3. The van der Waals surface area contributed by atoms with Crippen molar-refractivity contribution in [3.63, 3.8) is 0 Å². The van der Waals surface area contributed by atoms with Crippen LogP contribution in [0.1, 0.15) is 51.9 Å². The minimum atomic E-state index is -0.445. The third-order valence-electron chi connectivity index (χ3n) is 6.85. The Hall–Kier alpha value is -0.610. The predicted molar refractivity (Wildman–Crippen MR) is 85.4 cm³/mol. The third kappa shape index (κ3) is 2.48. The average Bonchev–Trinajstić information content (AvgIpc) is 3.24. The Morgan fingerprint density at radius 3 is 2.32 bits per heavy atom. The summed E-state index contributed by atoms with van der Waals surface area (Å²) < 4.78 is 0. The van der Waals surface area contributed by atoms with Gasteiger partial charge in [0.1, 0.15) is 0 Å². The molecule has 0 spiro atoms. The molecule has 2 heterocycles. The van der Waals surface area contributed by atoms with Crippen molar-refractivity contribution in [2.45, 2.75) is 63.5 Å². The number of hydrogen-bond donors (Lipinski definition) is 1. The maximum Gasteiger partial charge on any atom is 0.225 e. The van der Waals surface area contributed by atoms with E-state index >= 15 is 0 Å². The van der Waals surface area contributed by atoms with Crippen LogP contribution in [0.15, 0.2) is 0 Å². The van der Waals surface area contributed by atoms with E-state index in [1.54, 1.807) is 0 Å². The molecule has 4 nitrogen and oxygen atoms in total. The lowest BCUT2D eigenvalue weighted by atomic mass is 9.69. The number of carbonyl (C=O) groups excluding carboxylic acids is 1. The fraction of sp³-hybridized carbons (Fsp3) is 0.944. The van der Waals surface area contributed by atoms with Gasteiger partial charge in [0.2, 0.25) is 5.91 Å². The summed E-state index contributed by atoms with van der Waals surface area (Å²) in [5, 5.41) is 11.1. The molecule has 0 unspecified atom stereocenters. The smallest absolute Gasteiger partial charge is 0.225 e. The number of nitrogens with zero attached hydrogens (tertiary/aromatic N) is 2. The second-order valence-corrected chi connectivity index (χ2v) is 8.28. The summed E-state index contributed by atoms with van der Waals surface area (Å²) in [4.78, 5) is 16.8. The molecule has 2 saturated carbocycles. The predicted octanol–water partition coefficient (Wildman–Crippen LogP) is 1.87. The van der Waals surface area contributed by atoms with Crippen LogP contribution in [-0.4, -0.2) is 58.6 Å². The molecule has 2 saturated heterocycles. The van der Waals surface area contributed by atoms with E-state index in [4.69, 9.17) is 0 Å². The van der Waals surface area contributed by atoms with Crippen molar-refractivity contribution < 1.29 is 9.90 Å². The molecule has 4 aliphatic rings. The van der Waals surface area contributed by atoms with Crippen LogP contribution in [0.5, 0.6) is 0 Å². The summed E-state index contributed by atoms with van der Waals surface area (Å²) in [7, 11) is 0. The number of carbonyl (C=O) groups is 1. The molecule has 1 N–H and O–H groups in total. The van der Waals surface area contributed by atoms with Crippen molar-refractivity contribution in [3.8, 4) is 0 Å². The highest BCUT2D eigenvalue weighted by Crippen LogP contribution is 2.45. The van der Waals surface area contributed by atoms with E-state index in [2.05, 4.69) is 16.7 Å². The quantitative estimate of drug-likeness (QED) is 0.866. The van der Waals surface area contributed by atoms with Gasteiger partial charge in [-0.1, -0.05) is 13.3 Å². The standard InChI is InChI=1S/C18H30N2O2/c1-13-11-20(12-18(13,22)15-3-2-4-15)16-7-9-19(10-8-16)17(21)14-5-6-14/h13-16,22H,2-12H2,1H3/t13-,18+/m1/s1. The van der Waals surface area contributed by atoms with Crippen LogP contribution in [-0.2, 0) is 4.79 Å². The highest BCUT2D eigenvalue weighted by atomic mass is 16.3. The lowest BCUT2D eigenvalue weighted by Gasteiger charge is -2.42. The molecule has 124 valence electrons. The van der Waals surface area contributed by atoms with Gasteiger partial charge in [-0.05, 0) is 50.4 Å². The van der Waals surface area contributed by atoms with Gasteiger partial charge in [-0.15, -0.1) is 0 Å². The molecule has 0 radical (unpaired) electrons. The lowest BCUT2D eigenvalue weighted by molar-refractivity contribution is -0.134. The van der Waals surface area contributed by atoms with Crippen LogP contribution in [0.4, 0.5) is 0 Å². The molecular weight excluding hydrogens is 276 g/mol. The van der Waals surface area contributed by atoms with Crippen molar-refractivity contribution in [1.29, 1.82) is 0 Å². The largest absolute Gasteiger partial charge is 0.388 e. The zero-order chi connectivity index (χ0) is 15.3. The first-order chi connectivity index (χ1) is 10.6. The molecule has 2 atom stereocenters. The molecule has 4 heteroatoms. The fourth-order valence-electron chi connectivity index (χ4n) is 4.81. The number of β-amino-alcohol motifs (C(OH)–C–C–N with tert-alkyl or cyclic N) is 1. The van der Waals surface area contributed by atoms with Gasteiger partial charge in [-0.25, -0.2) is 0 Å². The van der Waals surface area contributed by atoms with E-state index in [0.29, 0.717) is 29.7 Å². The Kier molecular flexibility index (Phi) is 3.73. The van der Waals surface area contributed by atoms with Crippen LogP contribution in [0.25, 0.3) is 0 Å². The molecule has 4 rings (SSSR count). The number of rotatable bonds is 3. The number of hydrogen-bond acceptors (Lipinski definition) is 3. The Morgan fingerprint density at radius 2 is 1.77 bits per heavy atom. The van der Waals surface area contributed by atoms with E-state index in [1.165, 1.54) is 19.3 Å². The Balaban J connectivity index is 1.33. The molecule has 22 heavy (non-hydrogen) atoms. The number of aliphatic hydroxyl groups is 1. The third-order valence-corrected chi connectivity index (χ3v) is 6.85. The first-order valence-electron chi connectivity index (χ1n) is 9.33. The molecule has 0 aromatic carbocycles. The minimum absolute atomic E-state index is 0.354. The van der Waals surface area contributed by atoms with E-state index in [9.17, 15) is 9.90 Å². The number of amides is 1. The molecule has 0 aromatic heterocycles. The van der Waals surface area contributed by atoms with Gasteiger partial charge >= 0.3 is 0 Å². The second kappa shape index (κ2) is 5.48. The summed E-state index contributed by atoms with van der Waals surface area (Å²) in [6.07, 6.45) is 8.11. The highest BCUT2D eigenvalue weighted by molar-refractivity contribution is 5.81. The lowest BCUT2D eigenvalue weighted by Crippen LogP contribution is -2.50. The van der Waals surface area contributed by atoms with E-state index < -0.39 is 5.60 Å². The monoisotopic (exact) mass is 306 g/mol. The summed E-state index contributed by atoms with van der Waals surface area (Å²) >= 11 is 0. The molecule has 2 aliphatic carbocycles. The van der Waals surface area contributed by atoms with Crippen molar-refractivity contribution in [1.82, 2.24) is 9.80 Å². The van der Waals surface area contributed by atoms with Crippen LogP contribution >= 0.6 is 0 Å². The van der Waals surface area contributed by atoms with Crippen LogP contribution in [0.3, 0.4) is 0 Å². The summed E-state index contributed by atoms with van der Waals surface area (Å²) in [5.74, 6) is 1.68. The Labute approximate surface area is 133 Å². The first kappa shape index (κ1) is 14.9. The molecule has 0 bridgehead atoms. The van der Waals surface area contributed by atoms with Gasteiger partial charge in [0.05, 0.1) is 5.60 Å². The second-order valence-electron chi connectivity index (χ2n) is 8.28. The van der Waals surface area contributed by atoms with Gasteiger partial charge in [0.15, 0.2) is 0 Å². The molecule has 2 aliphatic heterocycles. The van der Waals surface area contributed by atoms with E-state index in [-0.39, 0.29) is 0 Å². The van der Waals surface area contributed by atoms with Crippen LogP contribution < -0.4 is 0 Å². The van der Waals surface area contributed by atoms with E-state index in [0.717, 1.165) is 51.9 Å². The maximum atomic E-state index is 12.2. The van der Waals surface area contributed by atoms with Gasteiger partial charge in [-0.2, -0.15) is 0 Å². The molecule has 1 amide bonds. The fourth-order valence-corrected chi connectivity index (χ4v) is 4.81. The zero-order valence-corrected chi connectivity index (χ0v) is 13.8. The average molecular weight is 306 g/mol. The topological polar surface area (TPSA) is 43.8 Å². The molecular formula is C18H30N2O2. The number of piperidine rings is 1. The summed E-state index contributed by atoms with van der Waals surface area (Å²) in [5.41, 5.74) is -0.445. The Bertz CT molecular complexity index is 438.